The molecule has 0 atom stereocenters. The number of pyridine rings is 2. The van der Waals surface area contributed by atoms with Crippen LogP contribution in [-0.4, -0.2) is 19.1 Å². The topological polar surface area (TPSA) is 72.8 Å². The summed E-state index contributed by atoms with van der Waals surface area (Å²) in [6.45, 7) is 0. The number of nitrogens with zero attached hydrogens (tertiary/aromatic N) is 4. The molecular weight excluding hydrogens is 629 g/mol. The second kappa shape index (κ2) is 10.7. The molecule has 0 bridgehead atoms. The Labute approximate surface area is 291 Å². The second-order valence-electron chi connectivity index (χ2n) is 12.9. The van der Waals surface area contributed by atoms with Gasteiger partial charge in [0.25, 0.3) is 0 Å². The Balaban J connectivity index is 1.06. The molecule has 6 heterocycles. The number of nitrogens with one attached hydrogen (secondary N) is 2. The lowest BCUT2D eigenvalue weighted by Gasteiger charge is -2.16. The molecule has 0 saturated heterocycles. The molecule has 51 heavy (non-hydrogen) atoms. The van der Waals surface area contributed by atoms with Crippen LogP contribution in [0.1, 0.15) is 5.56 Å². The number of hydrogen-bond donors (Lipinski definition) is 2. The highest BCUT2D eigenvalue weighted by molar-refractivity contribution is 6.11. The van der Waals surface area contributed by atoms with Gasteiger partial charge in [0, 0.05) is 62.8 Å². The van der Waals surface area contributed by atoms with Crippen LogP contribution in [0.5, 0.6) is 0 Å². The highest BCUT2D eigenvalue weighted by atomic mass is 16.3. The van der Waals surface area contributed by atoms with E-state index in [1.807, 2.05) is 24.7 Å². The van der Waals surface area contributed by atoms with E-state index in [1.54, 1.807) is 0 Å². The minimum atomic E-state index is 0.572. The molecule has 0 radical (unpaired) electrons. The van der Waals surface area contributed by atoms with Crippen LogP contribution in [0.15, 0.2) is 156 Å². The average Bonchev–Trinajstić information content (AvgIpc) is 3.85. The Morgan fingerprint density at radius 3 is 1.73 bits per heavy atom. The van der Waals surface area contributed by atoms with E-state index >= 15 is 0 Å². The Hall–Kier alpha value is -7.12. The van der Waals surface area contributed by atoms with Crippen molar-refractivity contribution < 1.29 is 4.42 Å². The molecule has 0 aliphatic carbocycles. The van der Waals surface area contributed by atoms with Crippen LogP contribution in [-0.2, 0) is 0 Å². The third-order valence-electron chi connectivity index (χ3n) is 10.1. The molecule has 1 aliphatic rings. The Kier molecular flexibility index (Phi) is 5.83. The molecule has 0 unspecified atom stereocenters. The van der Waals surface area contributed by atoms with Crippen molar-refractivity contribution in [3.8, 4) is 33.6 Å². The lowest BCUT2D eigenvalue weighted by molar-refractivity contribution is 0.640. The van der Waals surface area contributed by atoms with Crippen LogP contribution in [0.3, 0.4) is 0 Å². The fraction of sp³-hybridized carbons (Fsp3) is 0. The first-order valence-corrected chi connectivity index (χ1v) is 17.0. The zero-order valence-electron chi connectivity index (χ0n) is 27.2. The van der Waals surface area contributed by atoms with Crippen LogP contribution in [0.25, 0.3) is 94.6 Å². The minimum absolute atomic E-state index is 0.572. The lowest BCUT2D eigenvalue weighted by atomic mass is 10.0. The van der Waals surface area contributed by atoms with E-state index in [2.05, 4.69) is 153 Å². The average molecular weight is 657 g/mol. The summed E-state index contributed by atoms with van der Waals surface area (Å²) >= 11 is 0. The monoisotopic (exact) mass is 656 g/mol. The van der Waals surface area contributed by atoms with E-state index in [0.717, 1.165) is 66.8 Å². The normalized spacial score (nSPS) is 12.5. The molecule has 1 aliphatic heterocycles. The van der Waals surface area contributed by atoms with Crippen molar-refractivity contribution in [2.24, 2.45) is 0 Å². The number of hydrazine groups is 1. The summed E-state index contributed by atoms with van der Waals surface area (Å²) < 4.78 is 10.8. The first-order chi connectivity index (χ1) is 25.3. The zero-order valence-corrected chi connectivity index (χ0v) is 27.2. The van der Waals surface area contributed by atoms with Gasteiger partial charge in [-0.15, -0.1) is 0 Å². The predicted octanol–water partition coefficient (Wildman–Crippen LogP) is 10.7. The van der Waals surface area contributed by atoms with Gasteiger partial charge in [-0.2, -0.15) is 0 Å². The van der Waals surface area contributed by atoms with Gasteiger partial charge in [0.05, 0.1) is 27.3 Å². The first kappa shape index (κ1) is 27.8. The molecular formula is C44H28N6O. The van der Waals surface area contributed by atoms with E-state index in [-0.39, 0.29) is 0 Å². The van der Waals surface area contributed by atoms with Gasteiger partial charge in [-0.1, -0.05) is 78.9 Å². The summed E-state index contributed by atoms with van der Waals surface area (Å²) in [5.74, 6) is 1.01. The molecule has 7 heteroatoms. The minimum Gasteiger partial charge on any atom is -0.419 e. The van der Waals surface area contributed by atoms with Crippen LogP contribution >= 0.6 is 0 Å². The highest BCUT2D eigenvalue weighted by Crippen LogP contribution is 2.40. The molecule has 10 aromatic rings. The summed E-state index contributed by atoms with van der Waals surface area (Å²) in [6.07, 6.45) is 7.82. The number of hydrogen-bond acceptors (Lipinski definition) is 5. The molecule has 7 nitrogen and oxygen atoms in total. The fourth-order valence-electron chi connectivity index (χ4n) is 7.73. The Morgan fingerprint density at radius 1 is 0.471 bits per heavy atom. The number of rotatable bonds is 4. The van der Waals surface area contributed by atoms with Crippen LogP contribution in [0.2, 0.25) is 0 Å². The van der Waals surface area contributed by atoms with Crippen molar-refractivity contribution in [1.29, 1.82) is 0 Å². The lowest BCUT2D eigenvalue weighted by Crippen LogP contribution is -2.20. The number of anilines is 1. The molecule has 0 saturated carbocycles. The summed E-state index contributed by atoms with van der Waals surface area (Å²) in [5, 5.41) is 5.49. The number of fused-ring (bicyclic) bond motifs is 9. The molecule has 5 aromatic carbocycles. The van der Waals surface area contributed by atoms with Gasteiger partial charge in [-0.25, -0.2) is 9.97 Å². The van der Waals surface area contributed by atoms with Gasteiger partial charge in [0.1, 0.15) is 5.82 Å². The molecule has 0 amide bonds. The maximum absolute atomic E-state index is 6.17. The van der Waals surface area contributed by atoms with Crippen molar-refractivity contribution in [1.82, 2.24) is 24.5 Å². The molecule has 2 N–H and O–H groups in total. The third kappa shape index (κ3) is 4.18. The summed E-state index contributed by atoms with van der Waals surface area (Å²) in [6, 6.07) is 47.2. The van der Waals surface area contributed by atoms with Crippen molar-refractivity contribution >= 4 is 66.8 Å². The Bertz CT molecular complexity index is 3020. The van der Waals surface area contributed by atoms with Gasteiger partial charge >= 0.3 is 0 Å². The summed E-state index contributed by atoms with van der Waals surface area (Å²) in [5.41, 5.74) is 18.6. The van der Waals surface area contributed by atoms with Crippen molar-refractivity contribution in [3.05, 3.63) is 158 Å². The summed E-state index contributed by atoms with van der Waals surface area (Å²) in [4.78, 5) is 9.57. The summed E-state index contributed by atoms with van der Waals surface area (Å²) in [7, 11) is 0. The quantitative estimate of drug-likeness (QED) is 0.197. The number of benzene rings is 5. The van der Waals surface area contributed by atoms with Gasteiger partial charge in [-0.3, -0.25) is 9.99 Å². The van der Waals surface area contributed by atoms with Gasteiger partial charge in [0.2, 0.25) is 11.4 Å². The molecule has 0 fully saturated rings. The van der Waals surface area contributed by atoms with Crippen molar-refractivity contribution in [2.45, 2.75) is 0 Å². The van der Waals surface area contributed by atoms with E-state index in [9.17, 15) is 0 Å². The standard InChI is InChI=1S/C44H28N6O/c1-3-9-31(10-4-1)49-39-14-8-7-13-33(39)34-17-15-27(23-40(34)49)29-21-37-38-22-30(26-46-44(38)51-43(37)45-25-29)28-16-18-35-36-19-20-47-48-42(36)50(41(35)24-28)32-11-5-2-6-12-32/h1-26,47-48H. The smallest absolute Gasteiger partial charge is 0.229 e. The van der Waals surface area contributed by atoms with Crippen molar-refractivity contribution in [3.63, 3.8) is 0 Å². The zero-order chi connectivity index (χ0) is 33.5. The highest BCUT2D eigenvalue weighted by Gasteiger charge is 2.20. The van der Waals surface area contributed by atoms with Crippen LogP contribution < -0.4 is 10.9 Å². The second-order valence-corrected chi connectivity index (χ2v) is 12.9. The molecule has 0 spiro atoms. The first-order valence-electron chi connectivity index (χ1n) is 17.0. The van der Waals surface area contributed by atoms with Crippen molar-refractivity contribution in [2.75, 3.05) is 5.43 Å². The largest absolute Gasteiger partial charge is 0.419 e. The maximum Gasteiger partial charge on any atom is 0.229 e. The van der Waals surface area contributed by atoms with E-state index < -0.39 is 0 Å². The number of aromatic nitrogens is 4. The van der Waals surface area contributed by atoms with E-state index in [4.69, 9.17) is 14.4 Å². The third-order valence-corrected chi connectivity index (χ3v) is 10.1. The molecule has 11 rings (SSSR count). The maximum atomic E-state index is 6.17. The number of para-hydroxylation sites is 3. The van der Waals surface area contributed by atoms with Crippen LogP contribution in [0.4, 0.5) is 5.82 Å². The predicted molar refractivity (Wildman–Crippen MR) is 207 cm³/mol. The van der Waals surface area contributed by atoms with E-state index in [1.165, 1.54) is 21.7 Å². The van der Waals surface area contributed by atoms with Gasteiger partial charge in [0.15, 0.2) is 0 Å². The Morgan fingerprint density at radius 2 is 1.04 bits per heavy atom. The molecule has 240 valence electrons. The number of furan rings is 1. The SMILES string of the molecule is C1=Cc2c(n(-c3ccccc3)c3cc(-c4cnc5oc6ncc(-c7ccc8c9ccccc9n(-c9ccccc9)c8c7)cc6c5c4)ccc23)NN1. The van der Waals surface area contributed by atoms with Gasteiger partial charge < -0.3 is 14.4 Å². The van der Waals surface area contributed by atoms with E-state index in [0.29, 0.717) is 11.4 Å². The van der Waals surface area contributed by atoms with Crippen LogP contribution in [0, 0.1) is 0 Å². The fourth-order valence-corrected chi connectivity index (χ4v) is 7.73. The van der Waals surface area contributed by atoms with Gasteiger partial charge in [-0.05, 0) is 71.8 Å². The molecule has 5 aromatic heterocycles.